The molecule has 0 aromatic carbocycles. The topological polar surface area (TPSA) is 51.8 Å². The molecule has 0 atom stereocenters. The molecule has 3 heteroatoms. The molecule has 0 radical (unpaired) electrons. The lowest BCUT2D eigenvalue weighted by atomic mass is 9.82. The van der Waals surface area contributed by atoms with E-state index in [-0.39, 0.29) is 0 Å². The van der Waals surface area contributed by atoms with E-state index in [9.17, 15) is 0 Å². The van der Waals surface area contributed by atoms with Crippen LogP contribution in [0.5, 0.6) is 0 Å². The smallest absolute Gasteiger partial charge is 0.134 e. The van der Waals surface area contributed by atoms with E-state index in [2.05, 4.69) is 16.9 Å². The molecule has 0 unspecified atom stereocenters. The van der Waals surface area contributed by atoms with Gasteiger partial charge in [-0.1, -0.05) is 19.8 Å². The van der Waals surface area contributed by atoms with Crippen molar-refractivity contribution in [2.75, 3.05) is 5.73 Å². The maximum Gasteiger partial charge on any atom is 0.134 e. The van der Waals surface area contributed by atoms with Crippen LogP contribution < -0.4 is 5.73 Å². The van der Waals surface area contributed by atoms with Crippen molar-refractivity contribution in [3.63, 3.8) is 0 Å². The molecule has 0 aliphatic heterocycles. The predicted octanol–water partition coefficient (Wildman–Crippen LogP) is 2.97. The Hall–Kier alpha value is -1.12. The molecule has 1 fully saturated rings. The molecule has 1 heterocycles. The first-order valence-corrected chi connectivity index (χ1v) is 6.18. The molecule has 0 spiro atoms. The summed E-state index contributed by atoms with van der Waals surface area (Å²) >= 11 is 0. The number of hydrogen-bond acceptors (Lipinski definition) is 3. The van der Waals surface area contributed by atoms with Crippen molar-refractivity contribution in [2.45, 2.75) is 52.4 Å². The number of nitrogen functional groups attached to an aromatic ring is 1. The molecule has 2 N–H and O–H groups in total. The Morgan fingerprint density at radius 3 is 2.25 bits per heavy atom. The molecule has 88 valence electrons. The lowest BCUT2D eigenvalue weighted by Gasteiger charge is -2.25. The molecule has 2 rings (SSSR count). The molecular weight excluding hydrogens is 198 g/mol. The fraction of sp³-hybridized carbons (Fsp3) is 0.692. The number of nitrogens with zero attached hydrogens (tertiary/aromatic N) is 2. The Morgan fingerprint density at radius 1 is 1.06 bits per heavy atom. The van der Waals surface area contributed by atoms with Gasteiger partial charge in [0.1, 0.15) is 11.6 Å². The summed E-state index contributed by atoms with van der Waals surface area (Å²) < 4.78 is 0. The van der Waals surface area contributed by atoms with Gasteiger partial charge in [0.25, 0.3) is 0 Å². The second kappa shape index (κ2) is 4.40. The van der Waals surface area contributed by atoms with Crippen molar-refractivity contribution in [1.29, 1.82) is 0 Å². The van der Waals surface area contributed by atoms with Gasteiger partial charge in [-0.15, -0.1) is 0 Å². The minimum absolute atomic E-state index is 0.526. The number of anilines is 1. The lowest BCUT2D eigenvalue weighted by molar-refractivity contribution is 0.339. The van der Waals surface area contributed by atoms with E-state index in [0.717, 1.165) is 23.0 Å². The van der Waals surface area contributed by atoms with Crippen LogP contribution in [-0.4, -0.2) is 9.97 Å². The minimum Gasteiger partial charge on any atom is -0.383 e. The van der Waals surface area contributed by atoms with Gasteiger partial charge in [0.2, 0.25) is 0 Å². The van der Waals surface area contributed by atoms with Crippen LogP contribution in [0.4, 0.5) is 5.82 Å². The molecule has 1 aromatic heterocycles. The van der Waals surface area contributed by atoms with Crippen LogP contribution in [0.3, 0.4) is 0 Å². The summed E-state index contributed by atoms with van der Waals surface area (Å²) in [5.41, 5.74) is 7.95. The van der Waals surface area contributed by atoms with Crippen molar-refractivity contribution < 1.29 is 0 Å². The first-order valence-electron chi connectivity index (χ1n) is 6.18. The predicted molar refractivity (Wildman–Crippen MR) is 66.3 cm³/mol. The van der Waals surface area contributed by atoms with Crippen LogP contribution in [0.1, 0.15) is 55.6 Å². The van der Waals surface area contributed by atoms with Gasteiger partial charge in [-0.3, -0.25) is 0 Å². The number of aryl methyl sites for hydroxylation is 1. The summed E-state index contributed by atoms with van der Waals surface area (Å²) in [4.78, 5) is 9.04. The van der Waals surface area contributed by atoms with Gasteiger partial charge in [0, 0.05) is 17.2 Å². The van der Waals surface area contributed by atoms with E-state index in [4.69, 9.17) is 5.73 Å². The summed E-state index contributed by atoms with van der Waals surface area (Å²) in [6.07, 6.45) is 5.01. The van der Waals surface area contributed by atoms with E-state index in [1.807, 2.05) is 13.8 Å². The third-order valence-corrected chi connectivity index (χ3v) is 3.83. The molecule has 0 amide bonds. The average Bonchev–Trinajstić information content (AvgIpc) is 2.26. The fourth-order valence-corrected chi connectivity index (χ4v) is 2.37. The number of hydrogen-bond donors (Lipinski definition) is 1. The second-order valence-corrected chi connectivity index (χ2v) is 5.13. The molecule has 0 saturated heterocycles. The number of nitrogens with two attached hydrogens (primary N) is 1. The Bertz CT molecular complexity index is 356. The third-order valence-electron chi connectivity index (χ3n) is 3.83. The van der Waals surface area contributed by atoms with Gasteiger partial charge in [0.15, 0.2) is 0 Å². The van der Waals surface area contributed by atoms with Crippen molar-refractivity contribution in [3.05, 3.63) is 17.1 Å². The molecule has 0 bridgehead atoms. The van der Waals surface area contributed by atoms with Crippen LogP contribution in [0.2, 0.25) is 0 Å². The fourth-order valence-electron chi connectivity index (χ4n) is 2.37. The summed E-state index contributed by atoms with van der Waals surface area (Å²) in [6, 6.07) is 0. The van der Waals surface area contributed by atoms with Gasteiger partial charge in [-0.2, -0.15) is 0 Å². The largest absolute Gasteiger partial charge is 0.383 e. The summed E-state index contributed by atoms with van der Waals surface area (Å²) in [5, 5.41) is 0. The first-order chi connectivity index (χ1) is 7.58. The minimum atomic E-state index is 0.526. The van der Waals surface area contributed by atoms with E-state index in [0.29, 0.717) is 11.7 Å². The average molecular weight is 219 g/mol. The zero-order valence-corrected chi connectivity index (χ0v) is 10.5. The molecule has 3 nitrogen and oxygen atoms in total. The van der Waals surface area contributed by atoms with Crippen molar-refractivity contribution in [1.82, 2.24) is 9.97 Å². The Morgan fingerprint density at radius 2 is 1.69 bits per heavy atom. The maximum absolute atomic E-state index is 5.90. The van der Waals surface area contributed by atoms with Crippen molar-refractivity contribution in [2.24, 2.45) is 5.92 Å². The zero-order valence-electron chi connectivity index (χ0n) is 10.5. The maximum atomic E-state index is 5.90. The molecule has 16 heavy (non-hydrogen) atoms. The standard InChI is InChI=1S/C13H21N3/c1-8-4-6-11(7-5-8)13-15-10(3)9(2)12(14)16-13/h8,11H,4-7H2,1-3H3,(H2,14,15,16). The van der Waals surface area contributed by atoms with Crippen molar-refractivity contribution >= 4 is 5.82 Å². The summed E-state index contributed by atoms with van der Waals surface area (Å²) in [6.45, 7) is 6.32. The van der Waals surface area contributed by atoms with Crippen LogP contribution >= 0.6 is 0 Å². The van der Waals surface area contributed by atoms with Crippen LogP contribution in [0.25, 0.3) is 0 Å². The van der Waals surface area contributed by atoms with Gasteiger partial charge in [-0.05, 0) is 32.6 Å². The van der Waals surface area contributed by atoms with Crippen LogP contribution in [0.15, 0.2) is 0 Å². The Labute approximate surface area is 97.5 Å². The van der Waals surface area contributed by atoms with E-state index in [1.54, 1.807) is 0 Å². The number of rotatable bonds is 1. The van der Waals surface area contributed by atoms with Crippen LogP contribution in [0, 0.1) is 19.8 Å². The summed E-state index contributed by atoms with van der Waals surface area (Å²) in [7, 11) is 0. The van der Waals surface area contributed by atoms with Gasteiger partial charge < -0.3 is 5.73 Å². The highest BCUT2D eigenvalue weighted by atomic mass is 15.0. The lowest BCUT2D eigenvalue weighted by Crippen LogP contribution is -2.15. The normalized spacial score (nSPS) is 25.7. The SMILES string of the molecule is Cc1nc(C2CCC(C)CC2)nc(N)c1C. The molecule has 1 aliphatic carbocycles. The van der Waals surface area contributed by atoms with Crippen molar-refractivity contribution in [3.8, 4) is 0 Å². The highest BCUT2D eigenvalue weighted by molar-refractivity contribution is 5.40. The van der Waals surface area contributed by atoms with Crippen LogP contribution in [-0.2, 0) is 0 Å². The van der Waals surface area contributed by atoms with Gasteiger partial charge in [-0.25, -0.2) is 9.97 Å². The van der Waals surface area contributed by atoms with E-state index >= 15 is 0 Å². The monoisotopic (exact) mass is 219 g/mol. The second-order valence-electron chi connectivity index (χ2n) is 5.13. The molecular formula is C13H21N3. The van der Waals surface area contributed by atoms with Gasteiger partial charge >= 0.3 is 0 Å². The molecule has 1 saturated carbocycles. The quantitative estimate of drug-likeness (QED) is 0.790. The molecule has 1 aromatic rings. The highest BCUT2D eigenvalue weighted by Gasteiger charge is 2.22. The van der Waals surface area contributed by atoms with Gasteiger partial charge in [0.05, 0.1) is 0 Å². The Kier molecular flexibility index (Phi) is 3.13. The summed E-state index contributed by atoms with van der Waals surface area (Å²) in [5.74, 6) is 3.01. The number of aromatic nitrogens is 2. The highest BCUT2D eigenvalue weighted by Crippen LogP contribution is 2.34. The first kappa shape index (κ1) is 11.4. The van der Waals surface area contributed by atoms with E-state index < -0.39 is 0 Å². The molecule has 1 aliphatic rings. The van der Waals surface area contributed by atoms with E-state index in [1.165, 1.54) is 25.7 Å². The zero-order chi connectivity index (χ0) is 11.7. The third kappa shape index (κ3) is 2.18. The Balaban J connectivity index is 2.21.